The molecule has 0 aliphatic carbocycles. The molecular weight excluding hydrogens is 615 g/mol. The van der Waals surface area contributed by atoms with E-state index < -0.39 is 29.3 Å². The first-order chi connectivity index (χ1) is 21.7. The van der Waals surface area contributed by atoms with Crippen molar-refractivity contribution in [1.82, 2.24) is 4.98 Å². The van der Waals surface area contributed by atoms with Crippen LogP contribution in [0.4, 0.5) is 24.5 Å². The summed E-state index contributed by atoms with van der Waals surface area (Å²) in [5.74, 6) is -3.44. The number of halogens is 4. The molecule has 1 unspecified atom stereocenters. The Bertz CT molecular complexity index is 1720. The number of benzene rings is 3. The minimum absolute atomic E-state index is 0.00473. The molecule has 234 valence electrons. The van der Waals surface area contributed by atoms with Crippen molar-refractivity contribution in [1.29, 1.82) is 0 Å². The first-order valence-corrected chi connectivity index (χ1v) is 14.1. The second-order valence-corrected chi connectivity index (χ2v) is 10.4. The Hall–Kier alpha value is -4.81. The Kier molecular flexibility index (Phi) is 10.1. The van der Waals surface area contributed by atoms with Crippen LogP contribution in [0.2, 0.25) is 5.02 Å². The molecule has 45 heavy (non-hydrogen) atoms. The highest BCUT2D eigenvalue weighted by atomic mass is 35.5. The highest BCUT2D eigenvalue weighted by Gasteiger charge is 2.22. The van der Waals surface area contributed by atoms with E-state index in [0.717, 1.165) is 24.6 Å². The molecule has 0 radical (unpaired) electrons. The zero-order valence-corrected chi connectivity index (χ0v) is 24.6. The average Bonchev–Trinajstić information content (AvgIpc) is 2.98. The lowest BCUT2D eigenvalue weighted by molar-refractivity contribution is -0.115. The maximum atomic E-state index is 15.0. The lowest BCUT2D eigenvalue weighted by Crippen LogP contribution is -2.33. The van der Waals surface area contributed by atoms with Gasteiger partial charge in [-0.2, -0.15) is 0 Å². The molecule has 1 fully saturated rings. The minimum atomic E-state index is -0.848. The summed E-state index contributed by atoms with van der Waals surface area (Å²) in [6, 6.07) is 13.4. The van der Waals surface area contributed by atoms with Crippen LogP contribution in [0.25, 0.3) is 0 Å². The Labute approximate surface area is 261 Å². The fourth-order valence-electron chi connectivity index (χ4n) is 4.35. The number of carbonyl (C=O) groups excluding carboxylic acids is 2. The minimum Gasteiger partial charge on any atom is -0.484 e. The van der Waals surface area contributed by atoms with Gasteiger partial charge in [0, 0.05) is 30.4 Å². The van der Waals surface area contributed by atoms with E-state index in [1.54, 1.807) is 0 Å². The van der Waals surface area contributed by atoms with Crippen molar-refractivity contribution in [3.63, 3.8) is 0 Å². The van der Waals surface area contributed by atoms with E-state index in [4.69, 9.17) is 25.8 Å². The molecule has 0 bridgehead atoms. The number of amides is 1. The van der Waals surface area contributed by atoms with Gasteiger partial charge in [-0.05, 0) is 60.5 Å². The van der Waals surface area contributed by atoms with Gasteiger partial charge < -0.3 is 29.6 Å². The standard InChI is InChI=1S/C32H27ClF3N3O6/c1-42-32(41)19-12-26(36)31(27(13-19)38-16-23-7-9-43-23)39-30(40)11-18-2-4-29(24(34)10-18)45-22-6-8-37-21(15-22)17-44-28-5-3-20(33)14-25(28)35/h2-6,8,10,12-15,23,38H,7,9,11,16-17H2,1H3,(H,39,40). The number of esters is 1. The van der Waals surface area contributed by atoms with E-state index in [-0.39, 0.29) is 58.3 Å². The number of nitrogens with zero attached hydrogens (tertiary/aromatic N) is 1. The maximum Gasteiger partial charge on any atom is 0.338 e. The lowest BCUT2D eigenvalue weighted by Gasteiger charge is -2.27. The van der Waals surface area contributed by atoms with E-state index in [0.29, 0.717) is 24.4 Å². The Morgan fingerprint density at radius 2 is 1.78 bits per heavy atom. The van der Waals surface area contributed by atoms with Crippen molar-refractivity contribution >= 4 is 34.9 Å². The molecule has 2 N–H and O–H groups in total. The summed E-state index contributed by atoms with van der Waals surface area (Å²) in [6.45, 7) is 0.884. The number of hydrogen-bond donors (Lipinski definition) is 2. The Morgan fingerprint density at radius 1 is 1.00 bits per heavy atom. The van der Waals surface area contributed by atoms with Gasteiger partial charge in [0.05, 0.1) is 36.6 Å². The SMILES string of the molecule is COC(=O)c1cc(F)c(NC(=O)Cc2ccc(Oc3ccnc(COc4ccc(Cl)cc4F)c3)c(F)c2)c(NCC2CCO2)c1. The predicted molar refractivity (Wildman–Crippen MR) is 159 cm³/mol. The van der Waals surface area contributed by atoms with Crippen LogP contribution in [0, 0.1) is 17.5 Å². The fourth-order valence-corrected chi connectivity index (χ4v) is 4.51. The van der Waals surface area contributed by atoms with Crippen LogP contribution in [0.1, 0.15) is 28.0 Å². The van der Waals surface area contributed by atoms with Crippen molar-refractivity contribution in [3.8, 4) is 17.2 Å². The van der Waals surface area contributed by atoms with Crippen LogP contribution in [0.3, 0.4) is 0 Å². The molecule has 1 amide bonds. The molecule has 1 saturated heterocycles. The molecule has 5 rings (SSSR count). The van der Waals surface area contributed by atoms with Gasteiger partial charge >= 0.3 is 5.97 Å². The molecular formula is C32H27ClF3N3O6. The molecule has 0 saturated carbocycles. The summed E-state index contributed by atoms with van der Waals surface area (Å²) in [7, 11) is 1.18. The predicted octanol–water partition coefficient (Wildman–Crippen LogP) is 6.69. The van der Waals surface area contributed by atoms with Crippen molar-refractivity contribution < 1.29 is 41.7 Å². The number of nitrogens with one attached hydrogen (secondary N) is 2. The summed E-state index contributed by atoms with van der Waals surface area (Å²) < 4.78 is 65.2. The normalized spacial score (nSPS) is 13.8. The van der Waals surface area contributed by atoms with Crippen LogP contribution >= 0.6 is 11.6 Å². The summed E-state index contributed by atoms with van der Waals surface area (Å²) in [5, 5.41) is 5.76. The summed E-state index contributed by atoms with van der Waals surface area (Å²) in [6.07, 6.45) is 1.90. The van der Waals surface area contributed by atoms with Crippen molar-refractivity contribution in [2.45, 2.75) is 25.6 Å². The first kappa shape index (κ1) is 31.6. The molecule has 13 heteroatoms. The highest BCUT2D eigenvalue weighted by molar-refractivity contribution is 6.30. The van der Waals surface area contributed by atoms with Crippen LogP contribution in [0.15, 0.2) is 66.9 Å². The molecule has 4 aromatic rings. The third-order valence-electron chi connectivity index (χ3n) is 6.74. The molecule has 1 aromatic heterocycles. The summed E-state index contributed by atoms with van der Waals surface area (Å²) in [5.41, 5.74) is 0.678. The van der Waals surface area contributed by atoms with Gasteiger partial charge in [0.25, 0.3) is 0 Å². The van der Waals surface area contributed by atoms with Crippen LogP contribution in [-0.2, 0) is 27.3 Å². The van der Waals surface area contributed by atoms with Gasteiger partial charge in [0.2, 0.25) is 5.91 Å². The molecule has 3 aromatic carbocycles. The molecule has 1 aliphatic heterocycles. The summed E-state index contributed by atoms with van der Waals surface area (Å²) >= 11 is 5.76. The fraction of sp³-hybridized carbons (Fsp3) is 0.219. The molecule has 0 spiro atoms. The number of hydrogen-bond acceptors (Lipinski definition) is 8. The maximum absolute atomic E-state index is 15.0. The second-order valence-electron chi connectivity index (χ2n) is 9.97. The quantitative estimate of drug-likeness (QED) is 0.165. The number of rotatable bonds is 12. The molecule has 1 aliphatic rings. The van der Waals surface area contributed by atoms with Crippen LogP contribution in [-0.4, -0.2) is 43.2 Å². The third-order valence-corrected chi connectivity index (χ3v) is 6.97. The number of ether oxygens (including phenoxy) is 4. The van der Waals surface area contributed by atoms with Crippen LogP contribution < -0.4 is 20.1 Å². The third kappa shape index (κ3) is 8.22. The van der Waals surface area contributed by atoms with Crippen molar-refractivity contribution in [3.05, 3.63) is 106 Å². The topological polar surface area (TPSA) is 108 Å². The van der Waals surface area contributed by atoms with Gasteiger partial charge in [-0.25, -0.2) is 18.0 Å². The first-order valence-electron chi connectivity index (χ1n) is 13.7. The van der Waals surface area contributed by atoms with E-state index in [2.05, 4.69) is 20.4 Å². The van der Waals surface area contributed by atoms with Gasteiger partial charge in [-0.1, -0.05) is 17.7 Å². The monoisotopic (exact) mass is 641 g/mol. The average molecular weight is 642 g/mol. The lowest BCUT2D eigenvalue weighted by atomic mass is 10.1. The van der Waals surface area contributed by atoms with E-state index >= 15 is 4.39 Å². The zero-order valence-electron chi connectivity index (χ0n) is 23.9. The van der Waals surface area contributed by atoms with Crippen LogP contribution in [0.5, 0.6) is 17.2 Å². The van der Waals surface area contributed by atoms with E-state index in [1.165, 1.54) is 55.8 Å². The van der Waals surface area contributed by atoms with Crippen molar-refractivity contribution in [2.24, 2.45) is 0 Å². The number of carbonyl (C=O) groups is 2. The van der Waals surface area contributed by atoms with Gasteiger partial charge in [0.1, 0.15) is 23.9 Å². The summed E-state index contributed by atoms with van der Waals surface area (Å²) in [4.78, 5) is 29.0. The highest BCUT2D eigenvalue weighted by Crippen LogP contribution is 2.30. The number of methoxy groups -OCH3 is 1. The van der Waals surface area contributed by atoms with Crippen molar-refractivity contribution in [2.75, 3.05) is 30.9 Å². The molecule has 1 atom stereocenters. The zero-order chi connectivity index (χ0) is 31.9. The van der Waals surface area contributed by atoms with Gasteiger partial charge in [-0.3, -0.25) is 9.78 Å². The second kappa shape index (κ2) is 14.3. The number of anilines is 2. The van der Waals surface area contributed by atoms with Gasteiger partial charge in [-0.15, -0.1) is 0 Å². The number of aromatic nitrogens is 1. The van der Waals surface area contributed by atoms with E-state index in [9.17, 15) is 18.4 Å². The number of pyridine rings is 1. The van der Waals surface area contributed by atoms with E-state index in [1.807, 2.05) is 0 Å². The smallest absolute Gasteiger partial charge is 0.338 e. The van der Waals surface area contributed by atoms with Gasteiger partial charge in [0.15, 0.2) is 23.1 Å². The Balaban J connectivity index is 1.22. The molecule has 9 nitrogen and oxygen atoms in total. The largest absolute Gasteiger partial charge is 0.484 e. The Morgan fingerprint density at radius 3 is 2.49 bits per heavy atom. The molecule has 2 heterocycles.